The van der Waals surface area contributed by atoms with E-state index in [4.69, 9.17) is 9.47 Å². The number of likely N-dealkylation sites (tertiary alicyclic amines) is 1. The van der Waals surface area contributed by atoms with Crippen LogP contribution in [0.5, 0.6) is 11.5 Å². The molecule has 2 heterocycles. The zero-order valence-corrected chi connectivity index (χ0v) is 15.5. The summed E-state index contributed by atoms with van der Waals surface area (Å²) in [7, 11) is 5.10. The van der Waals surface area contributed by atoms with Crippen LogP contribution in [0.2, 0.25) is 0 Å². The molecule has 3 rings (SSSR count). The summed E-state index contributed by atoms with van der Waals surface area (Å²) in [6, 6.07) is 5.62. The molecule has 0 spiro atoms. The number of ether oxygens (including phenoxy) is 2. The van der Waals surface area contributed by atoms with Crippen molar-refractivity contribution in [1.29, 1.82) is 0 Å². The number of amides is 1. The van der Waals surface area contributed by atoms with E-state index in [-0.39, 0.29) is 5.91 Å². The molecule has 1 aromatic heterocycles. The van der Waals surface area contributed by atoms with Crippen molar-refractivity contribution in [3.05, 3.63) is 18.2 Å². The van der Waals surface area contributed by atoms with Crippen molar-refractivity contribution in [2.75, 3.05) is 33.1 Å². The van der Waals surface area contributed by atoms with Crippen LogP contribution in [0.3, 0.4) is 0 Å². The smallest absolute Gasteiger partial charge is 0.233 e. The molecule has 8 heteroatoms. The maximum atomic E-state index is 12.2. The second kappa shape index (κ2) is 7.77. The summed E-state index contributed by atoms with van der Waals surface area (Å²) in [5.41, 5.74) is 0.880. The van der Waals surface area contributed by atoms with Gasteiger partial charge in [-0.2, -0.15) is 0 Å². The molecule has 1 fully saturated rings. The Bertz CT molecular complexity index is 756. The molecule has 0 aliphatic carbocycles. The number of aromatic nitrogens is 3. The third kappa shape index (κ3) is 3.73. The number of hydrogen-bond donors (Lipinski definition) is 0. The second-order valence-corrected chi connectivity index (χ2v) is 6.75. The molecule has 0 bridgehead atoms. The minimum absolute atomic E-state index is 0.165. The van der Waals surface area contributed by atoms with Gasteiger partial charge < -0.3 is 18.9 Å². The van der Waals surface area contributed by atoms with Crippen molar-refractivity contribution in [3.63, 3.8) is 0 Å². The quantitative estimate of drug-likeness (QED) is 0.734. The van der Waals surface area contributed by atoms with Crippen LogP contribution in [-0.2, 0) is 11.8 Å². The van der Waals surface area contributed by atoms with Crippen LogP contribution in [0, 0.1) is 0 Å². The first kappa shape index (κ1) is 17.6. The van der Waals surface area contributed by atoms with Crippen molar-refractivity contribution in [2.45, 2.75) is 18.0 Å². The molecule has 25 heavy (non-hydrogen) atoms. The third-order valence-electron chi connectivity index (χ3n) is 4.26. The second-order valence-electron chi connectivity index (χ2n) is 5.81. The molecular weight excluding hydrogens is 340 g/mol. The van der Waals surface area contributed by atoms with Gasteiger partial charge in [-0.05, 0) is 31.0 Å². The van der Waals surface area contributed by atoms with Gasteiger partial charge in [-0.3, -0.25) is 4.79 Å². The van der Waals surface area contributed by atoms with E-state index in [1.54, 1.807) is 14.2 Å². The lowest BCUT2D eigenvalue weighted by molar-refractivity contribution is -0.127. The van der Waals surface area contributed by atoms with Gasteiger partial charge in [0.05, 0.1) is 20.0 Å². The SMILES string of the molecule is COc1ccc(-c2nnc(SCC(=O)N3CCCC3)n2C)cc1OC. The van der Waals surface area contributed by atoms with Crippen molar-refractivity contribution < 1.29 is 14.3 Å². The molecule has 0 saturated carbocycles. The molecule has 0 unspecified atom stereocenters. The van der Waals surface area contributed by atoms with Crippen molar-refractivity contribution in [1.82, 2.24) is 19.7 Å². The number of carbonyl (C=O) groups is 1. The molecular formula is C17H22N4O3S. The maximum Gasteiger partial charge on any atom is 0.233 e. The summed E-state index contributed by atoms with van der Waals surface area (Å²) in [6.07, 6.45) is 2.20. The third-order valence-corrected chi connectivity index (χ3v) is 5.27. The van der Waals surface area contributed by atoms with Gasteiger partial charge in [0.15, 0.2) is 22.5 Å². The molecule has 1 aliphatic rings. The average Bonchev–Trinajstić information content (AvgIpc) is 3.29. The number of benzene rings is 1. The summed E-state index contributed by atoms with van der Waals surface area (Å²) >= 11 is 1.42. The molecule has 0 radical (unpaired) electrons. The largest absolute Gasteiger partial charge is 0.493 e. The molecule has 1 saturated heterocycles. The molecule has 1 aliphatic heterocycles. The highest BCUT2D eigenvalue weighted by Gasteiger charge is 2.20. The summed E-state index contributed by atoms with van der Waals surface area (Å²) in [4.78, 5) is 14.1. The topological polar surface area (TPSA) is 69.5 Å². The van der Waals surface area contributed by atoms with Gasteiger partial charge in [0.25, 0.3) is 0 Å². The monoisotopic (exact) mass is 362 g/mol. The van der Waals surface area contributed by atoms with Crippen LogP contribution < -0.4 is 9.47 Å². The Morgan fingerprint density at radius 1 is 1.16 bits per heavy atom. The first-order chi connectivity index (χ1) is 12.1. The zero-order valence-electron chi connectivity index (χ0n) is 14.7. The Hall–Kier alpha value is -2.22. The zero-order chi connectivity index (χ0) is 17.8. The number of methoxy groups -OCH3 is 2. The molecule has 0 N–H and O–H groups in total. The van der Waals surface area contributed by atoms with E-state index in [1.165, 1.54) is 11.8 Å². The van der Waals surface area contributed by atoms with E-state index >= 15 is 0 Å². The molecule has 2 aromatic rings. The van der Waals surface area contributed by atoms with Crippen LogP contribution in [0.4, 0.5) is 0 Å². The lowest BCUT2D eigenvalue weighted by Gasteiger charge is -2.14. The van der Waals surface area contributed by atoms with E-state index in [1.807, 2.05) is 34.7 Å². The summed E-state index contributed by atoms with van der Waals surface area (Å²) < 4.78 is 12.5. The van der Waals surface area contributed by atoms with Crippen LogP contribution in [-0.4, -0.2) is 58.6 Å². The van der Waals surface area contributed by atoms with E-state index in [0.717, 1.165) is 42.5 Å². The molecule has 134 valence electrons. The number of nitrogens with zero attached hydrogens (tertiary/aromatic N) is 4. The van der Waals surface area contributed by atoms with Crippen LogP contribution in [0.25, 0.3) is 11.4 Å². The molecule has 0 atom stereocenters. The Labute approximate surface area is 151 Å². The number of hydrogen-bond acceptors (Lipinski definition) is 6. The van der Waals surface area contributed by atoms with Crippen molar-refractivity contribution in [3.8, 4) is 22.9 Å². The fourth-order valence-electron chi connectivity index (χ4n) is 2.85. The van der Waals surface area contributed by atoms with Crippen LogP contribution in [0.1, 0.15) is 12.8 Å². The standard InChI is InChI=1S/C17H22N4O3S/c1-20-16(12-6-7-13(23-2)14(10-12)24-3)18-19-17(20)25-11-15(22)21-8-4-5-9-21/h6-7,10H,4-5,8-9,11H2,1-3H3. The van der Waals surface area contributed by atoms with Gasteiger partial charge in [-0.15, -0.1) is 10.2 Å². The Morgan fingerprint density at radius 2 is 1.88 bits per heavy atom. The van der Waals surface area contributed by atoms with Gasteiger partial charge >= 0.3 is 0 Å². The van der Waals surface area contributed by atoms with E-state index in [9.17, 15) is 4.79 Å². The first-order valence-corrected chi connectivity index (χ1v) is 9.15. The maximum absolute atomic E-state index is 12.2. The van der Waals surface area contributed by atoms with E-state index in [0.29, 0.717) is 17.3 Å². The predicted molar refractivity (Wildman–Crippen MR) is 96.1 cm³/mol. The summed E-state index contributed by atoms with van der Waals surface area (Å²) in [6.45, 7) is 1.74. The highest BCUT2D eigenvalue weighted by Crippen LogP contribution is 2.32. The highest BCUT2D eigenvalue weighted by molar-refractivity contribution is 7.99. The Kier molecular flexibility index (Phi) is 5.47. The Morgan fingerprint density at radius 3 is 2.56 bits per heavy atom. The molecule has 1 aromatic carbocycles. The van der Waals surface area contributed by atoms with Gasteiger partial charge in [0, 0.05) is 25.7 Å². The van der Waals surface area contributed by atoms with E-state index in [2.05, 4.69) is 10.2 Å². The van der Waals surface area contributed by atoms with Gasteiger partial charge in [0.2, 0.25) is 5.91 Å². The lowest BCUT2D eigenvalue weighted by atomic mass is 10.2. The summed E-state index contributed by atoms with van der Waals surface area (Å²) in [5.74, 6) is 2.58. The van der Waals surface area contributed by atoms with Crippen LogP contribution >= 0.6 is 11.8 Å². The van der Waals surface area contributed by atoms with Crippen LogP contribution in [0.15, 0.2) is 23.4 Å². The van der Waals surface area contributed by atoms with Gasteiger partial charge in [0.1, 0.15) is 0 Å². The first-order valence-electron chi connectivity index (χ1n) is 8.16. The number of thioether (sulfide) groups is 1. The Balaban J connectivity index is 1.73. The normalized spacial score (nSPS) is 14.0. The van der Waals surface area contributed by atoms with E-state index < -0.39 is 0 Å². The molecule has 7 nitrogen and oxygen atoms in total. The van der Waals surface area contributed by atoms with Gasteiger partial charge in [-0.25, -0.2) is 0 Å². The number of rotatable bonds is 6. The summed E-state index contributed by atoms with van der Waals surface area (Å²) in [5, 5.41) is 9.20. The van der Waals surface area contributed by atoms with Gasteiger partial charge in [-0.1, -0.05) is 11.8 Å². The number of carbonyl (C=O) groups excluding carboxylic acids is 1. The molecule has 1 amide bonds. The van der Waals surface area contributed by atoms with Crippen molar-refractivity contribution in [2.24, 2.45) is 7.05 Å². The van der Waals surface area contributed by atoms with Crippen molar-refractivity contribution >= 4 is 17.7 Å². The minimum atomic E-state index is 0.165. The highest BCUT2D eigenvalue weighted by atomic mass is 32.2. The lowest BCUT2D eigenvalue weighted by Crippen LogP contribution is -2.29. The fourth-order valence-corrected chi connectivity index (χ4v) is 3.67. The fraction of sp³-hybridized carbons (Fsp3) is 0.471. The minimum Gasteiger partial charge on any atom is -0.493 e. The predicted octanol–water partition coefficient (Wildman–Crippen LogP) is 2.21. The average molecular weight is 362 g/mol.